The van der Waals surface area contributed by atoms with Gasteiger partial charge in [0.15, 0.2) is 0 Å². The van der Waals surface area contributed by atoms with Crippen LogP contribution in [0.3, 0.4) is 0 Å². The Morgan fingerprint density at radius 3 is 2.54 bits per heavy atom. The van der Waals surface area contributed by atoms with E-state index < -0.39 is 28.0 Å². The van der Waals surface area contributed by atoms with Gasteiger partial charge in [-0.05, 0) is 6.07 Å². The Kier molecular flexibility index (Phi) is 2.23. The number of nitro groups is 1. The Morgan fingerprint density at radius 1 is 1.46 bits per heavy atom. The number of carboxylic acid groups (broad SMARTS) is 1. The molecular formula is C7H3FNO4-. The molecule has 0 aromatic heterocycles. The van der Waals surface area contributed by atoms with E-state index in [0.717, 1.165) is 18.2 Å². The lowest BCUT2D eigenvalue weighted by molar-refractivity contribution is -0.387. The summed E-state index contributed by atoms with van der Waals surface area (Å²) in [6.45, 7) is 0. The van der Waals surface area contributed by atoms with Crippen LogP contribution in [-0.4, -0.2) is 10.9 Å². The molecule has 1 aromatic carbocycles. The molecule has 0 aliphatic rings. The van der Waals surface area contributed by atoms with E-state index in [1.165, 1.54) is 0 Å². The largest absolute Gasteiger partial charge is 0.545 e. The van der Waals surface area contributed by atoms with Crippen molar-refractivity contribution in [3.05, 3.63) is 39.7 Å². The van der Waals surface area contributed by atoms with Crippen LogP contribution >= 0.6 is 0 Å². The molecule has 0 atom stereocenters. The molecule has 0 bridgehead atoms. The molecule has 13 heavy (non-hydrogen) atoms. The van der Waals surface area contributed by atoms with Gasteiger partial charge in [-0.25, -0.2) is 0 Å². The fourth-order valence-electron chi connectivity index (χ4n) is 0.818. The molecule has 0 spiro atoms. The third kappa shape index (κ3) is 1.61. The number of halogens is 1. The van der Waals surface area contributed by atoms with Crippen LogP contribution in [0.4, 0.5) is 10.1 Å². The first-order valence-corrected chi connectivity index (χ1v) is 3.18. The van der Waals surface area contributed by atoms with Gasteiger partial charge in [0.25, 0.3) is 0 Å². The highest BCUT2D eigenvalue weighted by atomic mass is 19.1. The van der Waals surface area contributed by atoms with Crippen molar-refractivity contribution in [2.24, 2.45) is 0 Å². The molecular weight excluding hydrogens is 181 g/mol. The Morgan fingerprint density at radius 2 is 2.08 bits per heavy atom. The third-order valence-electron chi connectivity index (χ3n) is 1.39. The number of hydrogen-bond donors (Lipinski definition) is 0. The monoisotopic (exact) mass is 184 g/mol. The highest BCUT2D eigenvalue weighted by molar-refractivity contribution is 5.87. The molecule has 68 valence electrons. The Labute approximate surface area is 71.6 Å². The van der Waals surface area contributed by atoms with Gasteiger partial charge in [0.05, 0.1) is 10.9 Å². The highest BCUT2D eigenvalue weighted by Crippen LogP contribution is 2.19. The average Bonchev–Trinajstić information content (AvgIpc) is 2.03. The molecule has 6 heteroatoms. The number of rotatable bonds is 2. The van der Waals surface area contributed by atoms with Crippen LogP contribution in [0.2, 0.25) is 0 Å². The summed E-state index contributed by atoms with van der Waals surface area (Å²) in [6, 6.07) is 2.85. The number of hydrogen-bond acceptors (Lipinski definition) is 4. The van der Waals surface area contributed by atoms with E-state index in [9.17, 15) is 24.4 Å². The standard InChI is InChI=1S/C7H4FNO4/c8-6-4(7(10)11)2-1-3-5(6)9(12)13/h1-3H,(H,10,11)/p-1. The maximum absolute atomic E-state index is 12.9. The normalized spacial score (nSPS) is 9.62. The fraction of sp³-hybridized carbons (Fsp3) is 0. The minimum atomic E-state index is -1.78. The Hall–Kier alpha value is -1.98. The van der Waals surface area contributed by atoms with Gasteiger partial charge in [0, 0.05) is 11.6 Å². The number of aromatic carboxylic acids is 1. The smallest absolute Gasteiger partial charge is 0.305 e. The molecule has 0 unspecified atom stereocenters. The molecule has 0 heterocycles. The van der Waals surface area contributed by atoms with Gasteiger partial charge >= 0.3 is 5.69 Å². The van der Waals surface area contributed by atoms with Crippen LogP contribution in [0.25, 0.3) is 0 Å². The van der Waals surface area contributed by atoms with Gasteiger partial charge in [-0.3, -0.25) is 10.1 Å². The molecule has 0 radical (unpaired) electrons. The zero-order chi connectivity index (χ0) is 10.0. The minimum absolute atomic E-state index is 0.811. The summed E-state index contributed by atoms with van der Waals surface area (Å²) in [7, 11) is 0. The van der Waals surface area contributed by atoms with E-state index in [1.807, 2.05) is 0 Å². The van der Waals surface area contributed by atoms with Gasteiger partial charge < -0.3 is 9.90 Å². The number of nitrogens with zero attached hydrogens (tertiary/aromatic N) is 1. The SMILES string of the molecule is O=C([O-])c1cccc([N+](=O)[O-])c1F. The Balaban J connectivity index is 3.35. The van der Waals surface area contributed by atoms with Crippen molar-refractivity contribution in [2.45, 2.75) is 0 Å². The summed E-state index contributed by atoms with van der Waals surface area (Å²) in [4.78, 5) is 19.4. The molecule has 1 aromatic rings. The van der Waals surface area contributed by atoms with Crippen molar-refractivity contribution in [1.29, 1.82) is 0 Å². The third-order valence-corrected chi connectivity index (χ3v) is 1.39. The number of carboxylic acids is 1. The molecule has 0 amide bonds. The van der Waals surface area contributed by atoms with E-state index in [4.69, 9.17) is 0 Å². The lowest BCUT2D eigenvalue weighted by Gasteiger charge is -2.02. The van der Waals surface area contributed by atoms with Crippen molar-refractivity contribution in [3.63, 3.8) is 0 Å². The number of benzene rings is 1. The summed E-state index contributed by atoms with van der Waals surface area (Å²) >= 11 is 0. The molecule has 5 nitrogen and oxygen atoms in total. The molecule has 0 saturated carbocycles. The molecule has 0 saturated heterocycles. The maximum atomic E-state index is 12.9. The summed E-state index contributed by atoms with van der Waals surface area (Å²) in [5.41, 5.74) is -1.68. The first kappa shape index (κ1) is 9.11. The molecule has 0 fully saturated rings. The topological polar surface area (TPSA) is 83.3 Å². The lowest BCUT2D eigenvalue weighted by Crippen LogP contribution is -2.23. The van der Waals surface area contributed by atoms with Gasteiger partial charge in [0.2, 0.25) is 5.82 Å². The number of carbonyl (C=O) groups excluding carboxylic acids is 1. The second-order valence-corrected chi connectivity index (χ2v) is 2.18. The molecule has 0 aliphatic carbocycles. The number of carbonyl (C=O) groups is 1. The van der Waals surface area contributed by atoms with Crippen LogP contribution in [0.1, 0.15) is 10.4 Å². The molecule has 0 aliphatic heterocycles. The van der Waals surface area contributed by atoms with Crippen LogP contribution in [0.15, 0.2) is 18.2 Å². The lowest BCUT2D eigenvalue weighted by atomic mass is 10.2. The van der Waals surface area contributed by atoms with Crippen LogP contribution in [-0.2, 0) is 0 Å². The van der Waals surface area contributed by atoms with Gasteiger partial charge in [-0.15, -0.1) is 0 Å². The molecule has 0 N–H and O–H groups in total. The van der Waals surface area contributed by atoms with Gasteiger partial charge in [-0.2, -0.15) is 4.39 Å². The predicted octanol–water partition coefficient (Wildman–Crippen LogP) is 0.0974. The highest BCUT2D eigenvalue weighted by Gasteiger charge is 2.17. The molecule has 1 rings (SSSR count). The second kappa shape index (κ2) is 3.18. The van der Waals surface area contributed by atoms with Crippen LogP contribution in [0.5, 0.6) is 0 Å². The van der Waals surface area contributed by atoms with Gasteiger partial charge in [0.1, 0.15) is 0 Å². The first-order chi connectivity index (χ1) is 6.04. The van der Waals surface area contributed by atoms with Crippen LogP contribution < -0.4 is 5.11 Å². The summed E-state index contributed by atoms with van der Waals surface area (Å²) in [6.07, 6.45) is 0. The van der Waals surface area contributed by atoms with E-state index in [-0.39, 0.29) is 0 Å². The van der Waals surface area contributed by atoms with E-state index in [0.29, 0.717) is 0 Å². The van der Waals surface area contributed by atoms with Crippen molar-refractivity contribution in [2.75, 3.05) is 0 Å². The van der Waals surface area contributed by atoms with E-state index in [1.54, 1.807) is 0 Å². The van der Waals surface area contributed by atoms with Crippen molar-refractivity contribution in [1.82, 2.24) is 0 Å². The van der Waals surface area contributed by atoms with Crippen molar-refractivity contribution >= 4 is 11.7 Å². The first-order valence-electron chi connectivity index (χ1n) is 3.18. The predicted molar refractivity (Wildman–Crippen MR) is 37.4 cm³/mol. The zero-order valence-corrected chi connectivity index (χ0v) is 6.19. The Bertz CT molecular complexity index is 345. The maximum Gasteiger partial charge on any atom is 0.305 e. The number of nitro benzene ring substituents is 1. The summed E-state index contributed by atoms with van der Waals surface area (Å²) in [5.74, 6) is -3.16. The average molecular weight is 184 g/mol. The minimum Gasteiger partial charge on any atom is -0.545 e. The second-order valence-electron chi connectivity index (χ2n) is 2.18. The van der Waals surface area contributed by atoms with Crippen molar-refractivity contribution in [3.8, 4) is 0 Å². The van der Waals surface area contributed by atoms with Crippen molar-refractivity contribution < 1.29 is 19.2 Å². The summed E-state index contributed by atoms with van der Waals surface area (Å²) in [5, 5.41) is 20.4. The van der Waals surface area contributed by atoms with Gasteiger partial charge in [-0.1, -0.05) is 6.07 Å². The van der Waals surface area contributed by atoms with E-state index in [2.05, 4.69) is 0 Å². The van der Waals surface area contributed by atoms with Crippen LogP contribution in [0, 0.1) is 15.9 Å². The summed E-state index contributed by atoms with van der Waals surface area (Å²) < 4.78 is 12.9. The van der Waals surface area contributed by atoms with E-state index >= 15 is 0 Å². The quantitative estimate of drug-likeness (QED) is 0.481. The fourth-order valence-corrected chi connectivity index (χ4v) is 0.818. The zero-order valence-electron chi connectivity index (χ0n) is 6.19.